The van der Waals surface area contributed by atoms with Crippen LogP contribution in [0.2, 0.25) is 0 Å². The minimum absolute atomic E-state index is 0.0437. The lowest BCUT2D eigenvalue weighted by Crippen LogP contribution is -2.23. The van der Waals surface area contributed by atoms with Crippen LogP contribution in [0.5, 0.6) is 0 Å². The van der Waals surface area contributed by atoms with Gasteiger partial charge in [-0.1, -0.05) is 59.8 Å². The first-order valence-corrected chi connectivity index (χ1v) is 9.06. The van der Waals surface area contributed by atoms with Gasteiger partial charge in [-0.05, 0) is 28.5 Å². The number of imidazole rings is 1. The van der Waals surface area contributed by atoms with Crippen LogP contribution in [-0.2, 0) is 18.5 Å². The molecule has 136 valence electrons. The van der Waals surface area contributed by atoms with Crippen LogP contribution in [-0.4, -0.2) is 21.0 Å². The van der Waals surface area contributed by atoms with Crippen molar-refractivity contribution in [3.63, 3.8) is 0 Å². The van der Waals surface area contributed by atoms with Gasteiger partial charge in [-0.15, -0.1) is 0 Å². The van der Waals surface area contributed by atoms with Crippen molar-refractivity contribution >= 4 is 22.3 Å². The number of carbonyl (C=O) groups excluding carboxylic acids is 1. The second-order valence-corrected chi connectivity index (χ2v) is 6.83. The Morgan fingerprint density at radius 2 is 1.64 bits per heavy atom. The molecule has 0 amide bonds. The molecule has 0 fully saturated rings. The van der Waals surface area contributed by atoms with Crippen LogP contribution in [0.1, 0.15) is 32.9 Å². The van der Waals surface area contributed by atoms with E-state index in [1.165, 1.54) is 0 Å². The molecule has 3 aromatic carbocycles. The van der Waals surface area contributed by atoms with Crippen LogP contribution in [0, 0.1) is 0 Å². The Morgan fingerprint density at radius 1 is 0.964 bits per heavy atom. The van der Waals surface area contributed by atoms with Crippen LogP contribution >= 0.6 is 0 Å². The minimum atomic E-state index is -0.0437. The van der Waals surface area contributed by atoms with Gasteiger partial charge >= 0.3 is 0 Å². The summed E-state index contributed by atoms with van der Waals surface area (Å²) >= 11 is 0. The van der Waals surface area contributed by atoms with Crippen LogP contribution in [0.15, 0.2) is 78.2 Å². The Labute approximate surface area is 161 Å². The van der Waals surface area contributed by atoms with Crippen molar-refractivity contribution in [2.75, 3.05) is 0 Å². The molecule has 0 bridgehead atoms. The molecule has 0 aliphatic heterocycles. The van der Waals surface area contributed by atoms with Crippen molar-refractivity contribution in [3.05, 3.63) is 101 Å². The van der Waals surface area contributed by atoms with Gasteiger partial charge < -0.3 is 9.40 Å². The van der Waals surface area contributed by atoms with E-state index in [2.05, 4.69) is 10.1 Å². The molecular weight excluding hydrogens is 350 g/mol. The Balaban J connectivity index is 1.64. The first-order valence-electron chi connectivity index (χ1n) is 9.06. The Kier molecular flexibility index (Phi) is 3.79. The zero-order valence-corrected chi connectivity index (χ0v) is 15.3. The monoisotopic (exact) mass is 367 g/mol. The molecule has 1 heterocycles. The summed E-state index contributed by atoms with van der Waals surface area (Å²) in [6.07, 6.45) is 1.64. The summed E-state index contributed by atoms with van der Waals surface area (Å²) in [6, 6.07) is 21.7. The molecule has 1 aliphatic carbocycles. The van der Waals surface area contributed by atoms with E-state index in [1.54, 1.807) is 10.9 Å². The van der Waals surface area contributed by atoms with E-state index in [-0.39, 0.29) is 5.78 Å². The van der Waals surface area contributed by atoms with Crippen molar-refractivity contribution in [2.24, 2.45) is 12.2 Å². The molecule has 1 aromatic heterocycles. The number of hydrogen-bond acceptors (Lipinski definition) is 4. The summed E-state index contributed by atoms with van der Waals surface area (Å²) in [4.78, 5) is 23.2. The lowest BCUT2D eigenvalue weighted by molar-refractivity contribution is 0.102. The first-order chi connectivity index (χ1) is 13.7. The van der Waals surface area contributed by atoms with Crippen molar-refractivity contribution in [1.29, 1.82) is 0 Å². The zero-order chi connectivity index (χ0) is 19.1. The van der Waals surface area contributed by atoms with Gasteiger partial charge in [-0.2, -0.15) is 0 Å². The molecule has 5 rings (SSSR count). The number of benzene rings is 3. The zero-order valence-electron chi connectivity index (χ0n) is 15.3. The molecule has 1 aliphatic rings. The number of ketones is 1. The van der Waals surface area contributed by atoms with Gasteiger partial charge in [0.2, 0.25) is 5.78 Å². The number of fused-ring (bicyclic) bond motifs is 3. The smallest absolute Gasteiger partial charge is 0.212 e. The third kappa shape index (κ3) is 2.60. The summed E-state index contributed by atoms with van der Waals surface area (Å²) in [5, 5.41) is 6.47. The predicted molar refractivity (Wildman–Crippen MR) is 107 cm³/mol. The molecule has 28 heavy (non-hydrogen) atoms. The summed E-state index contributed by atoms with van der Waals surface area (Å²) < 4.78 is 1.74. The van der Waals surface area contributed by atoms with E-state index in [0.29, 0.717) is 29.3 Å². The maximum atomic E-state index is 13.1. The van der Waals surface area contributed by atoms with Gasteiger partial charge in [0.25, 0.3) is 0 Å². The van der Waals surface area contributed by atoms with E-state index in [1.807, 2.05) is 73.8 Å². The number of aromatic nitrogens is 2. The maximum Gasteiger partial charge on any atom is 0.212 e. The molecule has 0 N–H and O–H groups in total. The fraction of sp³-hybridized carbons (Fsp3) is 0.0870. The average Bonchev–Trinajstić information content (AvgIpc) is 3.12. The van der Waals surface area contributed by atoms with Gasteiger partial charge in [-0.3, -0.25) is 4.79 Å². The van der Waals surface area contributed by atoms with E-state index in [0.717, 1.165) is 21.9 Å². The van der Waals surface area contributed by atoms with Gasteiger partial charge in [0, 0.05) is 18.2 Å². The fourth-order valence-corrected chi connectivity index (χ4v) is 3.59. The summed E-state index contributed by atoms with van der Waals surface area (Å²) in [7, 11) is 1.82. The Bertz CT molecular complexity index is 1240. The molecule has 5 nitrogen and oxygen atoms in total. The summed E-state index contributed by atoms with van der Waals surface area (Å²) in [5.74, 6) is -0.0437. The van der Waals surface area contributed by atoms with Crippen molar-refractivity contribution < 1.29 is 9.63 Å². The lowest BCUT2D eigenvalue weighted by Gasteiger charge is -2.18. The van der Waals surface area contributed by atoms with Crippen molar-refractivity contribution in [1.82, 2.24) is 9.55 Å². The molecule has 0 saturated carbocycles. The maximum absolute atomic E-state index is 13.1. The Hall–Kier alpha value is -3.73. The molecule has 0 radical (unpaired) electrons. The quantitative estimate of drug-likeness (QED) is 0.451. The number of hydrogen-bond donors (Lipinski definition) is 0. The average molecular weight is 367 g/mol. The van der Waals surface area contributed by atoms with Gasteiger partial charge in [-0.25, -0.2) is 4.98 Å². The molecule has 0 atom stereocenters. The summed E-state index contributed by atoms with van der Waals surface area (Å²) in [5.41, 5.74) is 4.08. The van der Waals surface area contributed by atoms with E-state index in [9.17, 15) is 4.79 Å². The van der Waals surface area contributed by atoms with Gasteiger partial charge in [0.15, 0.2) is 0 Å². The highest BCUT2D eigenvalue weighted by Gasteiger charge is 2.33. The van der Waals surface area contributed by atoms with E-state index < -0.39 is 0 Å². The third-order valence-electron chi connectivity index (χ3n) is 4.99. The standard InChI is InChI=1S/C23H17N3O2/c1-26-14-24-21-20(25-28-13-15-7-3-2-4-8-15)18-11-16-9-5-6-10-17(16)12-19(18)23(27)22(21)26/h2-12,14H,13H2,1H3/b25-20+. The molecule has 5 heteroatoms. The molecule has 0 saturated heterocycles. The number of carbonyl (C=O) groups is 1. The second kappa shape index (κ2) is 6.46. The largest absolute Gasteiger partial charge is 0.390 e. The minimum Gasteiger partial charge on any atom is -0.390 e. The topological polar surface area (TPSA) is 56.5 Å². The first kappa shape index (κ1) is 16.4. The van der Waals surface area contributed by atoms with Crippen LogP contribution in [0.3, 0.4) is 0 Å². The SMILES string of the molecule is Cn1cnc2c1C(=O)c1cc3ccccc3cc1/C2=N\OCc1ccccc1. The number of rotatable bonds is 3. The number of nitrogens with zero attached hydrogens (tertiary/aromatic N) is 3. The van der Waals surface area contributed by atoms with Crippen LogP contribution in [0.25, 0.3) is 10.8 Å². The number of aryl methyl sites for hydroxylation is 1. The van der Waals surface area contributed by atoms with E-state index in [4.69, 9.17) is 4.84 Å². The highest BCUT2D eigenvalue weighted by atomic mass is 16.6. The second-order valence-electron chi connectivity index (χ2n) is 6.83. The molecule has 0 spiro atoms. The number of oxime groups is 1. The molecular formula is C23H17N3O2. The fourth-order valence-electron chi connectivity index (χ4n) is 3.59. The van der Waals surface area contributed by atoms with Gasteiger partial charge in [0.1, 0.15) is 23.7 Å². The normalized spacial score (nSPS) is 14.2. The van der Waals surface area contributed by atoms with Crippen molar-refractivity contribution in [2.45, 2.75) is 6.61 Å². The highest BCUT2D eigenvalue weighted by Crippen LogP contribution is 2.30. The van der Waals surface area contributed by atoms with Gasteiger partial charge in [0.05, 0.1) is 6.33 Å². The predicted octanol–water partition coefficient (Wildman–Crippen LogP) is 4.09. The lowest BCUT2D eigenvalue weighted by atomic mass is 9.87. The van der Waals surface area contributed by atoms with Crippen LogP contribution < -0.4 is 0 Å². The summed E-state index contributed by atoms with van der Waals surface area (Å²) in [6.45, 7) is 0.351. The van der Waals surface area contributed by atoms with Crippen LogP contribution in [0.4, 0.5) is 0 Å². The highest BCUT2D eigenvalue weighted by molar-refractivity contribution is 6.29. The molecule has 0 unspecified atom stereocenters. The third-order valence-corrected chi connectivity index (χ3v) is 4.99. The van der Waals surface area contributed by atoms with E-state index >= 15 is 0 Å². The Morgan fingerprint density at radius 3 is 2.39 bits per heavy atom. The van der Waals surface area contributed by atoms with Crippen molar-refractivity contribution in [3.8, 4) is 0 Å². The molecule has 4 aromatic rings.